The molecule has 0 aliphatic heterocycles. The van der Waals surface area contributed by atoms with E-state index in [-0.39, 0.29) is 5.82 Å². The van der Waals surface area contributed by atoms with Gasteiger partial charge in [-0.15, -0.1) is 10.2 Å². The zero-order valence-corrected chi connectivity index (χ0v) is 12.8. The molecule has 0 unspecified atom stereocenters. The number of fused-ring (bicyclic) bond motifs is 1. The Balaban J connectivity index is 1.84. The Bertz CT molecular complexity index is 1000. The Morgan fingerprint density at radius 3 is 2.25 bits per heavy atom. The van der Waals surface area contributed by atoms with Gasteiger partial charge in [-0.05, 0) is 18.2 Å². The summed E-state index contributed by atoms with van der Waals surface area (Å²) in [6.07, 6.45) is 0. The molecule has 0 aliphatic carbocycles. The van der Waals surface area contributed by atoms with E-state index in [0.717, 1.165) is 22.0 Å². The molecule has 1 N–H and O–H groups in total. The van der Waals surface area contributed by atoms with Crippen LogP contribution in [-0.2, 0) is 0 Å². The van der Waals surface area contributed by atoms with Crippen molar-refractivity contribution in [1.82, 2.24) is 10.2 Å². The smallest absolute Gasteiger partial charge is 0.161 e. The Morgan fingerprint density at radius 2 is 1.46 bits per heavy atom. The lowest BCUT2D eigenvalue weighted by atomic mass is 10.0. The third kappa shape index (κ3) is 2.70. The molecular weight excluding hydrogens is 301 g/mol. The molecule has 116 valence electrons. The molecule has 0 bridgehead atoms. The monoisotopic (exact) mass is 315 g/mol. The highest BCUT2D eigenvalue weighted by Gasteiger charge is 2.10. The minimum Gasteiger partial charge on any atom is -0.338 e. The number of nitrogens with one attached hydrogen (secondary N) is 1. The zero-order chi connectivity index (χ0) is 16.4. The number of hydrogen-bond donors (Lipinski definition) is 1. The first-order chi connectivity index (χ1) is 11.8. The van der Waals surface area contributed by atoms with Crippen molar-refractivity contribution >= 4 is 22.3 Å². The molecule has 4 rings (SSSR count). The molecule has 4 aromatic rings. The van der Waals surface area contributed by atoms with E-state index in [0.29, 0.717) is 11.5 Å². The molecule has 0 saturated carbocycles. The van der Waals surface area contributed by atoms with Crippen molar-refractivity contribution in [2.75, 3.05) is 5.32 Å². The van der Waals surface area contributed by atoms with Crippen molar-refractivity contribution in [3.8, 4) is 11.3 Å². The lowest BCUT2D eigenvalue weighted by Crippen LogP contribution is -1.99. The molecule has 0 fully saturated rings. The maximum absolute atomic E-state index is 13.4. The Morgan fingerprint density at radius 1 is 0.708 bits per heavy atom. The van der Waals surface area contributed by atoms with Crippen LogP contribution >= 0.6 is 0 Å². The van der Waals surface area contributed by atoms with Gasteiger partial charge < -0.3 is 5.32 Å². The van der Waals surface area contributed by atoms with Gasteiger partial charge in [-0.3, -0.25) is 0 Å². The average Bonchev–Trinajstić information content (AvgIpc) is 2.63. The van der Waals surface area contributed by atoms with Crippen LogP contribution in [0.25, 0.3) is 22.0 Å². The largest absolute Gasteiger partial charge is 0.338 e. The molecule has 0 saturated heterocycles. The number of aromatic nitrogens is 2. The number of benzene rings is 3. The highest BCUT2D eigenvalue weighted by molar-refractivity contribution is 6.00. The van der Waals surface area contributed by atoms with Gasteiger partial charge in [0, 0.05) is 22.0 Å². The molecule has 1 aromatic heterocycles. The van der Waals surface area contributed by atoms with Crippen LogP contribution in [0.4, 0.5) is 15.9 Å². The summed E-state index contributed by atoms with van der Waals surface area (Å²) < 4.78 is 13.4. The summed E-state index contributed by atoms with van der Waals surface area (Å²) >= 11 is 0. The Hall–Kier alpha value is -3.27. The van der Waals surface area contributed by atoms with Crippen LogP contribution in [0.15, 0.2) is 78.9 Å². The summed E-state index contributed by atoms with van der Waals surface area (Å²) in [5, 5.41) is 13.8. The van der Waals surface area contributed by atoms with Gasteiger partial charge in [0.2, 0.25) is 0 Å². The zero-order valence-electron chi connectivity index (χ0n) is 12.8. The van der Waals surface area contributed by atoms with Crippen molar-refractivity contribution in [2.45, 2.75) is 0 Å². The van der Waals surface area contributed by atoms with E-state index in [2.05, 4.69) is 15.5 Å². The predicted octanol–water partition coefficient (Wildman–Crippen LogP) is 5.18. The van der Waals surface area contributed by atoms with Crippen LogP contribution in [0.1, 0.15) is 0 Å². The fourth-order valence-corrected chi connectivity index (χ4v) is 2.71. The van der Waals surface area contributed by atoms with E-state index in [9.17, 15) is 4.39 Å². The minimum absolute atomic E-state index is 0.293. The van der Waals surface area contributed by atoms with Gasteiger partial charge in [0.1, 0.15) is 11.5 Å². The molecular formula is C20H14FN3. The summed E-state index contributed by atoms with van der Waals surface area (Å²) in [5.74, 6) is 0.314. The molecule has 24 heavy (non-hydrogen) atoms. The van der Waals surface area contributed by atoms with E-state index in [1.54, 1.807) is 12.1 Å². The Kier molecular flexibility index (Phi) is 3.63. The molecule has 0 aliphatic rings. The van der Waals surface area contributed by atoms with Crippen LogP contribution in [0.2, 0.25) is 0 Å². The van der Waals surface area contributed by atoms with E-state index in [1.165, 1.54) is 12.1 Å². The molecule has 0 radical (unpaired) electrons. The highest BCUT2D eigenvalue weighted by Crippen LogP contribution is 2.30. The van der Waals surface area contributed by atoms with Crippen molar-refractivity contribution in [3.63, 3.8) is 0 Å². The SMILES string of the molecule is Fc1cccc(Nc2nnc(-c3ccccc3)c3ccccc23)c1. The standard InChI is InChI=1S/C20H14FN3/c21-15-9-6-10-16(13-15)22-20-18-12-5-4-11-17(18)19(23-24-20)14-7-2-1-3-8-14/h1-13H,(H,22,24). The van der Waals surface area contributed by atoms with Crippen LogP contribution in [0.3, 0.4) is 0 Å². The van der Waals surface area contributed by atoms with Crippen LogP contribution in [-0.4, -0.2) is 10.2 Å². The van der Waals surface area contributed by atoms with Crippen molar-refractivity contribution in [3.05, 3.63) is 84.7 Å². The van der Waals surface area contributed by atoms with Crippen molar-refractivity contribution < 1.29 is 4.39 Å². The van der Waals surface area contributed by atoms with Crippen LogP contribution < -0.4 is 5.32 Å². The lowest BCUT2D eigenvalue weighted by molar-refractivity contribution is 0.628. The fourth-order valence-electron chi connectivity index (χ4n) is 2.71. The van der Waals surface area contributed by atoms with Gasteiger partial charge in [-0.2, -0.15) is 0 Å². The van der Waals surface area contributed by atoms with E-state index in [1.807, 2.05) is 54.6 Å². The molecule has 1 heterocycles. The molecule has 0 amide bonds. The van der Waals surface area contributed by atoms with Gasteiger partial charge in [0.25, 0.3) is 0 Å². The minimum atomic E-state index is -0.293. The highest BCUT2D eigenvalue weighted by atomic mass is 19.1. The van der Waals surface area contributed by atoms with Gasteiger partial charge in [-0.25, -0.2) is 4.39 Å². The first-order valence-electron chi connectivity index (χ1n) is 7.65. The first-order valence-corrected chi connectivity index (χ1v) is 7.65. The fraction of sp³-hybridized carbons (Fsp3) is 0. The molecule has 0 spiro atoms. The Labute approximate surface area is 138 Å². The number of anilines is 2. The van der Waals surface area contributed by atoms with Gasteiger partial charge in [0.15, 0.2) is 5.82 Å². The molecule has 0 atom stereocenters. The summed E-state index contributed by atoms with van der Waals surface area (Å²) in [4.78, 5) is 0. The quantitative estimate of drug-likeness (QED) is 0.566. The average molecular weight is 315 g/mol. The summed E-state index contributed by atoms with van der Waals surface area (Å²) in [7, 11) is 0. The molecule has 3 aromatic carbocycles. The maximum atomic E-state index is 13.4. The number of rotatable bonds is 3. The van der Waals surface area contributed by atoms with Gasteiger partial charge in [0.05, 0.1) is 0 Å². The molecule has 4 heteroatoms. The van der Waals surface area contributed by atoms with E-state index < -0.39 is 0 Å². The second-order valence-electron chi connectivity index (χ2n) is 5.44. The number of nitrogens with zero attached hydrogens (tertiary/aromatic N) is 2. The predicted molar refractivity (Wildman–Crippen MR) is 94.7 cm³/mol. The van der Waals surface area contributed by atoms with E-state index >= 15 is 0 Å². The summed E-state index contributed by atoms with van der Waals surface area (Å²) in [5.41, 5.74) is 2.48. The first kappa shape index (κ1) is 14.3. The number of halogens is 1. The second-order valence-corrected chi connectivity index (χ2v) is 5.44. The second kappa shape index (κ2) is 6.08. The van der Waals surface area contributed by atoms with Crippen molar-refractivity contribution in [1.29, 1.82) is 0 Å². The van der Waals surface area contributed by atoms with E-state index in [4.69, 9.17) is 0 Å². The van der Waals surface area contributed by atoms with Crippen LogP contribution in [0, 0.1) is 5.82 Å². The summed E-state index contributed by atoms with van der Waals surface area (Å²) in [6, 6.07) is 24.2. The van der Waals surface area contributed by atoms with Crippen LogP contribution in [0.5, 0.6) is 0 Å². The maximum Gasteiger partial charge on any atom is 0.161 e. The summed E-state index contributed by atoms with van der Waals surface area (Å²) in [6.45, 7) is 0. The molecule has 3 nitrogen and oxygen atoms in total. The van der Waals surface area contributed by atoms with Gasteiger partial charge in [-0.1, -0.05) is 60.7 Å². The van der Waals surface area contributed by atoms with Crippen molar-refractivity contribution in [2.24, 2.45) is 0 Å². The number of hydrogen-bond acceptors (Lipinski definition) is 3. The van der Waals surface area contributed by atoms with Gasteiger partial charge >= 0.3 is 0 Å². The topological polar surface area (TPSA) is 37.8 Å². The third-order valence-electron chi connectivity index (χ3n) is 3.82. The third-order valence-corrected chi connectivity index (χ3v) is 3.82. The lowest BCUT2D eigenvalue weighted by Gasteiger charge is -2.11. The normalized spacial score (nSPS) is 10.7.